The van der Waals surface area contributed by atoms with Gasteiger partial charge in [-0.2, -0.15) is 5.26 Å². The monoisotopic (exact) mass is 342 g/mol. The minimum Gasteiger partial charge on any atom is -0.372 e. The summed E-state index contributed by atoms with van der Waals surface area (Å²) in [7, 11) is 0. The highest BCUT2D eigenvalue weighted by Crippen LogP contribution is 2.20. The van der Waals surface area contributed by atoms with Gasteiger partial charge in [0.2, 0.25) is 5.91 Å². The number of anilines is 1. The molecule has 1 saturated heterocycles. The molecule has 3 rings (SSSR count). The lowest BCUT2D eigenvalue weighted by Crippen LogP contribution is -2.47. The number of piperidine rings is 1. The summed E-state index contributed by atoms with van der Waals surface area (Å²) in [5.41, 5.74) is 1.23. The normalized spacial score (nSPS) is 17.2. The Morgan fingerprint density at radius 2 is 2.16 bits per heavy atom. The number of aromatic nitrogens is 1. The van der Waals surface area contributed by atoms with Crippen molar-refractivity contribution in [2.24, 2.45) is 0 Å². The number of carbonyl (C=O) groups is 1. The SMILES string of the molecule is N#Cc1ccc(NC2CCCN(Cc3ccc(F)cc3F)C2=O)cn1. The summed E-state index contributed by atoms with van der Waals surface area (Å²) in [5.74, 6) is -1.43. The fourth-order valence-electron chi connectivity index (χ4n) is 2.83. The third-order valence-electron chi connectivity index (χ3n) is 4.13. The second-order valence-corrected chi connectivity index (χ2v) is 5.88. The highest BCUT2D eigenvalue weighted by molar-refractivity contribution is 5.85. The number of nitriles is 1. The Labute approximate surface area is 143 Å². The zero-order valence-corrected chi connectivity index (χ0v) is 13.4. The first-order valence-electron chi connectivity index (χ1n) is 7.92. The Hall–Kier alpha value is -3.01. The van der Waals surface area contributed by atoms with E-state index >= 15 is 0 Å². The molecule has 0 aliphatic carbocycles. The molecule has 25 heavy (non-hydrogen) atoms. The number of halogens is 2. The van der Waals surface area contributed by atoms with Crippen LogP contribution in [0.15, 0.2) is 36.5 Å². The van der Waals surface area contributed by atoms with Gasteiger partial charge < -0.3 is 10.2 Å². The van der Waals surface area contributed by atoms with E-state index in [1.807, 2.05) is 6.07 Å². The molecule has 2 heterocycles. The smallest absolute Gasteiger partial charge is 0.245 e. The van der Waals surface area contributed by atoms with E-state index in [4.69, 9.17) is 5.26 Å². The van der Waals surface area contributed by atoms with Crippen molar-refractivity contribution in [3.8, 4) is 6.07 Å². The van der Waals surface area contributed by atoms with E-state index < -0.39 is 17.7 Å². The summed E-state index contributed by atoms with van der Waals surface area (Å²) >= 11 is 0. The van der Waals surface area contributed by atoms with Crippen LogP contribution in [0.4, 0.5) is 14.5 Å². The molecule has 1 N–H and O–H groups in total. The van der Waals surface area contributed by atoms with Crippen molar-refractivity contribution in [1.82, 2.24) is 9.88 Å². The number of hydrogen-bond acceptors (Lipinski definition) is 4. The molecule has 0 spiro atoms. The minimum absolute atomic E-state index is 0.106. The molecule has 1 aromatic carbocycles. The summed E-state index contributed by atoms with van der Waals surface area (Å²) in [6, 6.07) is 8.13. The van der Waals surface area contributed by atoms with Crippen LogP contribution in [0, 0.1) is 23.0 Å². The van der Waals surface area contributed by atoms with Gasteiger partial charge in [0.05, 0.1) is 11.9 Å². The summed E-state index contributed by atoms with van der Waals surface area (Å²) in [4.78, 5) is 18.2. The zero-order chi connectivity index (χ0) is 17.8. The van der Waals surface area contributed by atoms with Gasteiger partial charge in [0, 0.05) is 24.7 Å². The number of rotatable bonds is 4. The Bertz CT molecular complexity index is 817. The molecule has 1 aliphatic heterocycles. The summed E-state index contributed by atoms with van der Waals surface area (Å²) in [5, 5.41) is 11.9. The maximum Gasteiger partial charge on any atom is 0.245 e. The van der Waals surface area contributed by atoms with E-state index in [9.17, 15) is 13.6 Å². The third-order valence-corrected chi connectivity index (χ3v) is 4.13. The second-order valence-electron chi connectivity index (χ2n) is 5.88. The van der Waals surface area contributed by atoms with Crippen LogP contribution in [0.2, 0.25) is 0 Å². The molecule has 5 nitrogen and oxygen atoms in total. The van der Waals surface area contributed by atoms with Gasteiger partial charge in [0.15, 0.2) is 0 Å². The molecule has 128 valence electrons. The van der Waals surface area contributed by atoms with Gasteiger partial charge in [-0.15, -0.1) is 0 Å². The topological polar surface area (TPSA) is 69.0 Å². The molecule has 7 heteroatoms. The van der Waals surface area contributed by atoms with E-state index in [1.54, 1.807) is 17.0 Å². The first kappa shape index (κ1) is 16.8. The lowest BCUT2D eigenvalue weighted by molar-refractivity contribution is -0.134. The molecule has 1 aliphatic rings. The first-order valence-corrected chi connectivity index (χ1v) is 7.92. The molecule has 1 aromatic heterocycles. The van der Waals surface area contributed by atoms with Crippen molar-refractivity contribution in [2.45, 2.75) is 25.4 Å². The maximum atomic E-state index is 13.8. The summed E-state index contributed by atoms with van der Waals surface area (Å²) in [6.45, 7) is 0.633. The first-order chi connectivity index (χ1) is 12.1. The molecule has 1 fully saturated rings. The van der Waals surface area contributed by atoms with Crippen LogP contribution in [0.5, 0.6) is 0 Å². The molecule has 0 saturated carbocycles. The molecule has 1 atom stereocenters. The number of hydrogen-bond donors (Lipinski definition) is 1. The average molecular weight is 342 g/mol. The molecule has 2 aromatic rings. The summed E-state index contributed by atoms with van der Waals surface area (Å²) < 4.78 is 26.8. The standard InChI is InChI=1S/C18H16F2N4O/c19-13-4-3-12(16(20)8-13)11-24-7-1-2-17(18(24)25)23-15-6-5-14(9-21)22-10-15/h3-6,8,10,17,23H,1-2,7,11H2. The van der Waals surface area contributed by atoms with Crippen molar-refractivity contribution in [2.75, 3.05) is 11.9 Å². The van der Waals surface area contributed by atoms with E-state index in [-0.39, 0.29) is 18.0 Å². The van der Waals surface area contributed by atoms with E-state index in [2.05, 4.69) is 10.3 Å². The lowest BCUT2D eigenvalue weighted by atomic mass is 10.0. The van der Waals surface area contributed by atoms with Crippen molar-refractivity contribution in [3.63, 3.8) is 0 Å². The van der Waals surface area contributed by atoms with Crippen LogP contribution in [0.3, 0.4) is 0 Å². The van der Waals surface area contributed by atoms with Crippen LogP contribution < -0.4 is 5.32 Å². The van der Waals surface area contributed by atoms with Crippen molar-refractivity contribution in [3.05, 3.63) is 59.4 Å². The maximum absolute atomic E-state index is 13.8. The Morgan fingerprint density at radius 3 is 2.84 bits per heavy atom. The number of pyridine rings is 1. The van der Waals surface area contributed by atoms with Crippen molar-refractivity contribution < 1.29 is 13.6 Å². The van der Waals surface area contributed by atoms with Gasteiger partial charge >= 0.3 is 0 Å². The van der Waals surface area contributed by atoms with Gasteiger partial charge in [-0.05, 0) is 31.0 Å². The molecule has 0 radical (unpaired) electrons. The fraction of sp³-hybridized carbons (Fsp3) is 0.278. The van der Waals surface area contributed by atoms with Gasteiger partial charge in [0.25, 0.3) is 0 Å². The second kappa shape index (κ2) is 7.26. The molecular weight excluding hydrogens is 326 g/mol. The highest BCUT2D eigenvalue weighted by Gasteiger charge is 2.29. The molecule has 0 bridgehead atoms. The number of nitrogens with zero attached hydrogens (tertiary/aromatic N) is 3. The molecular formula is C18H16F2N4O. The lowest BCUT2D eigenvalue weighted by Gasteiger charge is -2.33. The number of likely N-dealkylation sites (tertiary alicyclic amines) is 1. The van der Waals surface area contributed by atoms with Gasteiger partial charge in [0.1, 0.15) is 29.4 Å². The highest BCUT2D eigenvalue weighted by atomic mass is 19.1. The van der Waals surface area contributed by atoms with Crippen LogP contribution >= 0.6 is 0 Å². The number of benzene rings is 1. The zero-order valence-electron chi connectivity index (χ0n) is 13.4. The van der Waals surface area contributed by atoms with E-state index in [0.717, 1.165) is 12.5 Å². The predicted molar refractivity (Wildman–Crippen MR) is 87.4 cm³/mol. The largest absolute Gasteiger partial charge is 0.372 e. The van der Waals surface area contributed by atoms with Gasteiger partial charge in [-0.25, -0.2) is 13.8 Å². The van der Waals surface area contributed by atoms with Crippen LogP contribution in [-0.4, -0.2) is 28.4 Å². The Kier molecular flexibility index (Phi) is 4.89. The van der Waals surface area contributed by atoms with Gasteiger partial charge in [-0.1, -0.05) is 6.07 Å². The van der Waals surface area contributed by atoms with E-state index in [0.29, 0.717) is 24.3 Å². The summed E-state index contributed by atoms with van der Waals surface area (Å²) in [6.07, 6.45) is 2.93. The van der Waals surface area contributed by atoms with Crippen molar-refractivity contribution >= 4 is 11.6 Å². The quantitative estimate of drug-likeness (QED) is 0.928. The Morgan fingerprint density at radius 1 is 1.32 bits per heavy atom. The average Bonchev–Trinajstić information content (AvgIpc) is 2.61. The minimum atomic E-state index is -0.654. The predicted octanol–water partition coefficient (Wildman–Crippen LogP) is 2.83. The number of nitrogens with one attached hydrogen (secondary N) is 1. The number of amides is 1. The van der Waals surface area contributed by atoms with E-state index in [1.165, 1.54) is 18.3 Å². The molecule has 1 amide bonds. The van der Waals surface area contributed by atoms with Crippen LogP contribution in [-0.2, 0) is 11.3 Å². The Balaban J connectivity index is 1.68. The fourth-order valence-corrected chi connectivity index (χ4v) is 2.83. The van der Waals surface area contributed by atoms with Crippen molar-refractivity contribution in [1.29, 1.82) is 5.26 Å². The van der Waals surface area contributed by atoms with Gasteiger partial charge in [-0.3, -0.25) is 4.79 Å². The number of carbonyl (C=O) groups excluding carboxylic acids is 1. The third kappa shape index (κ3) is 3.91. The molecule has 1 unspecified atom stereocenters. The van der Waals surface area contributed by atoms with Crippen LogP contribution in [0.1, 0.15) is 24.1 Å². The van der Waals surface area contributed by atoms with Crippen LogP contribution in [0.25, 0.3) is 0 Å².